The first-order valence-electron chi connectivity index (χ1n) is 5.63. The van der Waals surface area contributed by atoms with Crippen molar-refractivity contribution in [2.24, 2.45) is 0 Å². The van der Waals surface area contributed by atoms with Crippen LogP contribution in [0.3, 0.4) is 0 Å². The number of benzene rings is 1. The minimum Gasteiger partial charge on any atom is -0.449 e. The quantitative estimate of drug-likeness (QED) is 0.940. The first-order valence-corrected chi connectivity index (χ1v) is 6.42. The first kappa shape index (κ1) is 13.2. The molecule has 1 heterocycles. The summed E-state index contributed by atoms with van der Waals surface area (Å²) in [7, 11) is 1.87. The number of rotatable bonds is 4. The smallest absolute Gasteiger partial charge is 0.191 e. The molecule has 0 bridgehead atoms. The molecule has 0 radical (unpaired) electrons. The third-order valence-electron chi connectivity index (χ3n) is 2.78. The van der Waals surface area contributed by atoms with Crippen molar-refractivity contribution in [2.75, 3.05) is 7.05 Å². The topological polar surface area (TPSA) is 38.1 Å². The van der Waals surface area contributed by atoms with E-state index in [1.807, 2.05) is 14.0 Å². The molecule has 0 saturated carbocycles. The molecule has 0 aliphatic rings. The molecule has 0 aliphatic heterocycles. The zero-order chi connectivity index (χ0) is 13.1. The summed E-state index contributed by atoms with van der Waals surface area (Å²) in [6.45, 7) is 1.81. The lowest BCUT2D eigenvalue weighted by atomic mass is 10.0. The van der Waals surface area contributed by atoms with Crippen molar-refractivity contribution in [3.05, 3.63) is 51.9 Å². The van der Waals surface area contributed by atoms with E-state index in [9.17, 15) is 4.39 Å². The second kappa shape index (κ2) is 5.63. The fraction of sp³-hybridized carbons (Fsp3) is 0.308. The highest BCUT2D eigenvalue weighted by Gasteiger charge is 2.15. The molecule has 18 heavy (non-hydrogen) atoms. The molecule has 0 aliphatic carbocycles. The Kier molecular flexibility index (Phi) is 4.14. The van der Waals surface area contributed by atoms with Crippen molar-refractivity contribution < 1.29 is 8.81 Å². The molecule has 0 spiro atoms. The highest BCUT2D eigenvalue weighted by atomic mass is 79.9. The zero-order valence-corrected chi connectivity index (χ0v) is 11.8. The van der Waals surface area contributed by atoms with Crippen molar-refractivity contribution in [1.82, 2.24) is 10.3 Å². The van der Waals surface area contributed by atoms with E-state index in [1.54, 1.807) is 12.3 Å². The van der Waals surface area contributed by atoms with E-state index in [4.69, 9.17) is 4.42 Å². The number of oxazole rings is 1. The summed E-state index contributed by atoms with van der Waals surface area (Å²) in [5.74, 6) is 0.396. The molecule has 0 saturated heterocycles. The zero-order valence-electron chi connectivity index (χ0n) is 10.2. The molecule has 1 aromatic carbocycles. The van der Waals surface area contributed by atoms with Crippen LogP contribution in [-0.4, -0.2) is 12.0 Å². The second-order valence-corrected chi connectivity index (χ2v) is 4.93. The SMILES string of the molecule is CNC(Cc1ccc(F)cc1Br)c1coc(C)n1. The predicted molar refractivity (Wildman–Crippen MR) is 70.8 cm³/mol. The minimum absolute atomic E-state index is 0.0456. The number of hydrogen-bond donors (Lipinski definition) is 1. The Labute approximate surface area is 114 Å². The highest BCUT2D eigenvalue weighted by molar-refractivity contribution is 9.10. The fourth-order valence-corrected chi connectivity index (χ4v) is 2.31. The molecule has 1 atom stereocenters. The molecule has 96 valence electrons. The molecule has 5 heteroatoms. The van der Waals surface area contributed by atoms with Crippen molar-refractivity contribution in [3.8, 4) is 0 Å². The van der Waals surface area contributed by atoms with Gasteiger partial charge in [-0.1, -0.05) is 22.0 Å². The van der Waals surface area contributed by atoms with Crippen LogP contribution in [0.15, 0.2) is 33.4 Å². The van der Waals surface area contributed by atoms with E-state index in [0.29, 0.717) is 12.3 Å². The van der Waals surface area contributed by atoms with Crippen molar-refractivity contribution in [1.29, 1.82) is 0 Å². The van der Waals surface area contributed by atoms with Crippen molar-refractivity contribution in [2.45, 2.75) is 19.4 Å². The summed E-state index contributed by atoms with van der Waals surface area (Å²) >= 11 is 3.37. The van der Waals surface area contributed by atoms with E-state index in [2.05, 4.69) is 26.2 Å². The number of nitrogens with zero attached hydrogens (tertiary/aromatic N) is 1. The summed E-state index contributed by atoms with van der Waals surface area (Å²) in [4.78, 5) is 4.31. The summed E-state index contributed by atoms with van der Waals surface area (Å²) in [6, 6.07) is 4.75. The molecule has 2 aromatic rings. The van der Waals surface area contributed by atoms with Crippen molar-refractivity contribution >= 4 is 15.9 Å². The number of likely N-dealkylation sites (N-methyl/N-ethyl adjacent to an activating group) is 1. The van der Waals surface area contributed by atoms with Gasteiger partial charge in [-0.15, -0.1) is 0 Å². The summed E-state index contributed by atoms with van der Waals surface area (Å²) in [6.07, 6.45) is 2.36. The van der Waals surface area contributed by atoms with Gasteiger partial charge in [0.15, 0.2) is 5.89 Å². The third-order valence-corrected chi connectivity index (χ3v) is 3.52. The van der Waals surface area contributed by atoms with E-state index in [-0.39, 0.29) is 11.9 Å². The third kappa shape index (κ3) is 2.97. The van der Waals surface area contributed by atoms with Gasteiger partial charge in [0.25, 0.3) is 0 Å². The van der Waals surface area contributed by atoms with Crippen LogP contribution in [0.2, 0.25) is 0 Å². The monoisotopic (exact) mass is 312 g/mol. The van der Waals surface area contributed by atoms with Crippen LogP contribution >= 0.6 is 15.9 Å². The number of aryl methyl sites for hydroxylation is 1. The highest BCUT2D eigenvalue weighted by Crippen LogP contribution is 2.24. The van der Waals surface area contributed by atoms with Crippen LogP contribution in [0.25, 0.3) is 0 Å². The molecule has 0 amide bonds. The van der Waals surface area contributed by atoms with Gasteiger partial charge in [-0.3, -0.25) is 0 Å². The Balaban J connectivity index is 2.20. The molecule has 1 unspecified atom stereocenters. The van der Waals surface area contributed by atoms with Crippen molar-refractivity contribution in [3.63, 3.8) is 0 Å². The Hall–Kier alpha value is -1.20. The maximum atomic E-state index is 13.0. The van der Waals surface area contributed by atoms with Crippen LogP contribution < -0.4 is 5.32 Å². The number of halogens is 2. The van der Waals surface area contributed by atoms with Gasteiger partial charge in [0.1, 0.15) is 12.1 Å². The Bertz CT molecular complexity index is 542. The number of aromatic nitrogens is 1. The normalized spacial score (nSPS) is 12.7. The average molecular weight is 313 g/mol. The number of hydrogen-bond acceptors (Lipinski definition) is 3. The summed E-state index contributed by atoms with van der Waals surface area (Å²) in [5.41, 5.74) is 1.88. The Morgan fingerprint density at radius 1 is 1.50 bits per heavy atom. The Morgan fingerprint density at radius 3 is 2.83 bits per heavy atom. The average Bonchev–Trinajstić information content (AvgIpc) is 2.75. The van der Waals surface area contributed by atoms with Crippen LogP contribution in [0.4, 0.5) is 4.39 Å². The first-order chi connectivity index (χ1) is 8.60. The van der Waals surface area contributed by atoms with Gasteiger partial charge in [0, 0.05) is 11.4 Å². The lowest BCUT2D eigenvalue weighted by Crippen LogP contribution is -2.19. The van der Waals surface area contributed by atoms with E-state index >= 15 is 0 Å². The van der Waals surface area contributed by atoms with Gasteiger partial charge < -0.3 is 9.73 Å². The second-order valence-electron chi connectivity index (χ2n) is 4.07. The molecule has 1 aromatic heterocycles. The van der Waals surface area contributed by atoms with Crippen LogP contribution in [0.1, 0.15) is 23.2 Å². The number of nitrogens with one attached hydrogen (secondary N) is 1. The molecular weight excluding hydrogens is 299 g/mol. The largest absolute Gasteiger partial charge is 0.449 e. The lowest BCUT2D eigenvalue weighted by molar-refractivity contribution is 0.516. The van der Waals surface area contributed by atoms with E-state index in [0.717, 1.165) is 15.7 Å². The van der Waals surface area contributed by atoms with Crippen LogP contribution in [0.5, 0.6) is 0 Å². The van der Waals surface area contributed by atoms with Gasteiger partial charge in [-0.05, 0) is 31.2 Å². The maximum Gasteiger partial charge on any atom is 0.191 e. The molecule has 1 N–H and O–H groups in total. The molecule has 3 nitrogen and oxygen atoms in total. The van der Waals surface area contributed by atoms with Gasteiger partial charge in [0.05, 0.1) is 11.7 Å². The van der Waals surface area contributed by atoms with Gasteiger partial charge in [0.2, 0.25) is 0 Å². The Morgan fingerprint density at radius 2 is 2.28 bits per heavy atom. The summed E-state index contributed by atoms with van der Waals surface area (Å²) < 4.78 is 19.0. The van der Waals surface area contributed by atoms with Crippen LogP contribution in [-0.2, 0) is 6.42 Å². The van der Waals surface area contributed by atoms with Crippen LogP contribution in [0, 0.1) is 12.7 Å². The predicted octanol–water partition coefficient (Wildman–Crippen LogP) is 3.39. The van der Waals surface area contributed by atoms with E-state index < -0.39 is 0 Å². The van der Waals surface area contributed by atoms with Gasteiger partial charge in [-0.25, -0.2) is 9.37 Å². The summed E-state index contributed by atoms with van der Waals surface area (Å²) in [5, 5.41) is 3.18. The fourth-order valence-electron chi connectivity index (χ4n) is 1.80. The van der Waals surface area contributed by atoms with Gasteiger partial charge >= 0.3 is 0 Å². The lowest BCUT2D eigenvalue weighted by Gasteiger charge is -2.14. The molecular formula is C13H14BrFN2O. The van der Waals surface area contributed by atoms with E-state index in [1.165, 1.54) is 12.1 Å². The standard InChI is InChI=1S/C13H14BrFN2O/c1-8-17-13(7-18-8)12(16-2)5-9-3-4-10(15)6-11(9)14/h3-4,6-7,12,16H,5H2,1-2H3. The minimum atomic E-state index is -0.246. The molecule has 0 fully saturated rings. The molecule has 2 rings (SSSR count). The maximum absolute atomic E-state index is 13.0. The van der Waals surface area contributed by atoms with Gasteiger partial charge in [-0.2, -0.15) is 0 Å².